The van der Waals surface area contributed by atoms with Gasteiger partial charge in [-0.3, -0.25) is 9.67 Å². The molecule has 0 unspecified atom stereocenters. The van der Waals surface area contributed by atoms with Gasteiger partial charge in [0.1, 0.15) is 0 Å². The highest BCUT2D eigenvalue weighted by atomic mass is 79.9. The molecule has 3 nitrogen and oxygen atoms in total. The van der Waals surface area contributed by atoms with Crippen LogP contribution in [0.15, 0.2) is 35.2 Å². The summed E-state index contributed by atoms with van der Waals surface area (Å²) in [5.41, 5.74) is 0.113. The third-order valence-corrected chi connectivity index (χ3v) is 2.94. The Morgan fingerprint density at radius 3 is 2.44 bits per heavy atom. The largest absolute Gasteiger partial charge is 0.436 e. The Kier molecular flexibility index (Phi) is 3.70. The fourth-order valence-electron chi connectivity index (χ4n) is 1.50. The van der Waals surface area contributed by atoms with Crippen molar-refractivity contribution in [3.63, 3.8) is 0 Å². The smallest absolute Gasteiger partial charge is 0.271 e. The molecule has 7 heteroatoms. The lowest BCUT2D eigenvalue weighted by Crippen LogP contribution is -2.09. The van der Waals surface area contributed by atoms with Gasteiger partial charge in [-0.15, -0.1) is 0 Å². The number of nitrogens with zero attached hydrogens (tertiary/aromatic N) is 3. The molecule has 0 aliphatic rings. The first-order chi connectivity index (χ1) is 8.47. The van der Waals surface area contributed by atoms with Crippen molar-refractivity contribution in [3.05, 3.63) is 46.5 Å². The zero-order valence-corrected chi connectivity index (χ0v) is 10.7. The number of alkyl halides is 3. The highest BCUT2D eigenvalue weighted by Gasteiger charge is 2.36. The van der Waals surface area contributed by atoms with E-state index in [1.165, 1.54) is 10.9 Å². The molecule has 2 heterocycles. The van der Waals surface area contributed by atoms with Gasteiger partial charge in [0.15, 0.2) is 5.69 Å². The first-order valence-corrected chi connectivity index (χ1v) is 5.95. The summed E-state index contributed by atoms with van der Waals surface area (Å²) in [4.78, 5) is 3.87. The van der Waals surface area contributed by atoms with E-state index in [0.717, 1.165) is 5.56 Å². The normalized spacial score (nSPS) is 11.8. The van der Waals surface area contributed by atoms with E-state index in [1.54, 1.807) is 12.4 Å². The van der Waals surface area contributed by atoms with E-state index in [1.807, 2.05) is 12.1 Å². The molecule has 2 rings (SSSR count). The molecule has 0 aromatic carbocycles. The molecule has 0 aliphatic carbocycles. The molecular formula is C11H9BrF3N3. The zero-order chi connectivity index (χ0) is 13.2. The maximum Gasteiger partial charge on any atom is 0.436 e. The highest BCUT2D eigenvalue weighted by Crippen LogP contribution is 2.33. The number of rotatable bonds is 3. The molecule has 0 radical (unpaired) electrons. The van der Waals surface area contributed by atoms with Crippen LogP contribution in [0.2, 0.25) is 0 Å². The van der Waals surface area contributed by atoms with Crippen molar-refractivity contribution in [2.24, 2.45) is 0 Å². The van der Waals surface area contributed by atoms with E-state index >= 15 is 0 Å². The minimum absolute atomic E-state index is 0.0373. The van der Waals surface area contributed by atoms with E-state index in [-0.39, 0.29) is 4.47 Å². The fraction of sp³-hybridized carbons (Fsp3) is 0.273. The molecule has 0 amide bonds. The van der Waals surface area contributed by atoms with Crippen LogP contribution in [-0.4, -0.2) is 14.8 Å². The Morgan fingerprint density at radius 2 is 1.89 bits per heavy atom. The topological polar surface area (TPSA) is 30.7 Å². The van der Waals surface area contributed by atoms with Crippen molar-refractivity contribution >= 4 is 15.9 Å². The van der Waals surface area contributed by atoms with Crippen molar-refractivity contribution in [2.75, 3.05) is 0 Å². The van der Waals surface area contributed by atoms with E-state index in [2.05, 4.69) is 26.0 Å². The Labute approximate surface area is 110 Å². The van der Waals surface area contributed by atoms with Crippen LogP contribution in [-0.2, 0) is 19.1 Å². The van der Waals surface area contributed by atoms with Crippen molar-refractivity contribution < 1.29 is 13.2 Å². The Morgan fingerprint density at radius 1 is 1.22 bits per heavy atom. The predicted octanol–water partition coefficient (Wildman–Crippen LogP) is 3.30. The van der Waals surface area contributed by atoms with Crippen molar-refractivity contribution in [1.29, 1.82) is 0 Å². The van der Waals surface area contributed by atoms with Crippen LogP contribution in [0.5, 0.6) is 0 Å². The van der Waals surface area contributed by atoms with Crippen LogP contribution in [0.1, 0.15) is 11.3 Å². The molecule has 0 saturated heterocycles. The van der Waals surface area contributed by atoms with E-state index < -0.39 is 11.9 Å². The second-order valence-electron chi connectivity index (χ2n) is 3.69. The number of aromatic nitrogens is 3. The van der Waals surface area contributed by atoms with Crippen LogP contribution in [0.4, 0.5) is 13.2 Å². The highest BCUT2D eigenvalue weighted by molar-refractivity contribution is 9.10. The summed E-state index contributed by atoms with van der Waals surface area (Å²) in [7, 11) is 0. The SMILES string of the molecule is FC(F)(F)c1nn(CCc2ccncc2)cc1Br. The molecule has 0 atom stereocenters. The summed E-state index contributed by atoms with van der Waals surface area (Å²) in [6, 6.07) is 3.65. The molecule has 0 N–H and O–H groups in total. The summed E-state index contributed by atoms with van der Waals surface area (Å²) in [5.74, 6) is 0. The summed E-state index contributed by atoms with van der Waals surface area (Å²) in [5, 5.41) is 3.53. The van der Waals surface area contributed by atoms with Crippen LogP contribution < -0.4 is 0 Å². The van der Waals surface area contributed by atoms with Crippen molar-refractivity contribution in [1.82, 2.24) is 14.8 Å². The summed E-state index contributed by atoms with van der Waals surface area (Å²) >= 11 is 2.87. The number of aryl methyl sites for hydroxylation is 2. The van der Waals surface area contributed by atoms with Crippen molar-refractivity contribution in [3.8, 4) is 0 Å². The minimum atomic E-state index is -4.43. The molecule has 96 valence electrons. The maximum absolute atomic E-state index is 12.5. The van der Waals surface area contributed by atoms with Gasteiger partial charge in [0.2, 0.25) is 0 Å². The van der Waals surface area contributed by atoms with Gasteiger partial charge in [0, 0.05) is 25.1 Å². The van der Waals surface area contributed by atoms with Crippen LogP contribution in [0.25, 0.3) is 0 Å². The molecule has 0 spiro atoms. The summed E-state index contributed by atoms with van der Waals surface area (Å²) in [6.45, 7) is 0.388. The lowest BCUT2D eigenvalue weighted by atomic mass is 10.2. The van der Waals surface area contributed by atoms with Crippen LogP contribution in [0.3, 0.4) is 0 Å². The van der Waals surface area contributed by atoms with Gasteiger partial charge in [-0.1, -0.05) is 0 Å². The number of hydrogen-bond donors (Lipinski definition) is 0. The number of pyridine rings is 1. The number of halogens is 4. The first kappa shape index (κ1) is 13.1. The molecule has 0 aliphatic heterocycles. The first-order valence-electron chi connectivity index (χ1n) is 5.16. The average Bonchev–Trinajstić information content (AvgIpc) is 2.69. The van der Waals surface area contributed by atoms with E-state index in [0.29, 0.717) is 13.0 Å². The average molecular weight is 320 g/mol. The molecule has 2 aromatic heterocycles. The van der Waals surface area contributed by atoms with Crippen LogP contribution in [0, 0.1) is 0 Å². The second-order valence-corrected chi connectivity index (χ2v) is 4.55. The zero-order valence-electron chi connectivity index (χ0n) is 9.15. The van der Waals surface area contributed by atoms with Gasteiger partial charge in [0.25, 0.3) is 0 Å². The molecule has 0 saturated carbocycles. The van der Waals surface area contributed by atoms with Gasteiger partial charge >= 0.3 is 6.18 Å². The van der Waals surface area contributed by atoms with Gasteiger partial charge < -0.3 is 0 Å². The molecule has 2 aromatic rings. The third-order valence-electron chi connectivity index (χ3n) is 2.36. The molecule has 18 heavy (non-hydrogen) atoms. The van der Waals surface area contributed by atoms with Gasteiger partial charge in [-0.05, 0) is 40.0 Å². The van der Waals surface area contributed by atoms with E-state index in [4.69, 9.17) is 0 Å². The summed E-state index contributed by atoms with van der Waals surface area (Å²) in [6.07, 6.45) is 0.809. The second kappa shape index (κ2) is 5.09. The van der Waals surface area contributed by atoms with Crippen LogP contribution >= 0.6 is 15.9 Å². The summed E-state index contributed by atoms with van der Waals surface area (Å²) < 4.78 is 38.8. The Bertz CT molecular complexity index is 522. The predicted molar refractivity (Wildman–Crippen MR) is 62.9 cm³/mol. The van der Waals surface area contributed by atoms with Gasteiger partial charge in [-0.25, -0.2) is 0 Å². The fourth-order valence-corrected chi connectivity index (χ4v) is 2.04. The number of hydrogen-bond acceptors (Lipinski definition) is 2. The maximum atomic E-state index is 12.5. The monoisotopic (exact) mass is 319 g/mol. The van der Waals surface area contributed by atoms with Gasteiger partial charge in [-0.2, -0.15) is 18.3 Å². The molecular weight excluding hydrogens is 311 g/mol. The van der Waals surface area contributed by atoms with Gasteiger partial charge in [0.05, 0.1) is 4.47 Å². The Balaban J connectivity index is 2.07. The van der Waals surface area contributed by atoms with E-state index in [9.17, 15) is 13.2 Å². The third kappa shape index (κ3) is 3.10. The minimum Gasteiger partial charge on any atom is -0.271 e. The standard InChI is InChI=1S/C11H9BrF3N3/c12-9-7-18(17-10(9)11(13,14)15)6-3-8-1-4-16-5-2-8/h1-2,4-5,7H,3,6H2. The lowest BCUT2D eigenvalue weighted by molar-refractivity contribution is -0.142. The molecule has 0 fully saturated rings. The quantitative estimate of drug-likeness (QED) is 0.869. The Hall–Kier alpha value is -1.37. The molecule has 0 bridgehead atoms. The lowest BCUT2D eigenvalue weighted by Gasteiger charge is -2.03. The van der Waals surface area contributed by atoms with Crippen molar-refractivity contribution in [2.45, 2.75) is 19.1 Å².